The topological polar surface area (TPSA) is 49.8 Å². The van der Waals surface area contributed by atoms with Gasteiger partial charge in [0, 0.05) is 5.69 Å². The summed E-state index contributed by atoms with van der Waals surface area (Å²) in [6.07, 6.45) is 0. The number of nitrogen functional groups attached to an aromatic ring is 1. The predicted octanol–water partition coefficient (Wildman–Crippen LogP) is 4.22. The van der Waals surface area contributed by atoms with Crippen LogP contribution in [0.2, 0.25) is 0 Å². The highest BCUT2D eigenvalue weighted by molar-refractivity contribution is 5.53. The van der Waals surface area contributed by atoms with Crippen molar-refractivity contribution < 1.29 is 0 Å². The summed E-state index contributed by atoms with van der Waals surface area (Å²) in [7, 11) is 0. The van der Waals surface area contributed by atoms with E-state index in [-0.39, 0.29) is 0 Å². The van der Waals surface area contributed by atoms with Crippen molar-refractivity contribution in [3.05, 3.63) is 29.8 Å². The Balaban J connectivity index is -0.000000208. The number of hydrogen-bond donors (Lipinski definition) is 1. The molecule has 0 aliphatic rings. The number of hydrogen-bond acceptors (Lipinski definition) is 2. The number of nitrogens with zero attached hydrogens (tertiary/aromatic N) is 1. The second-order valence-electron chi connectivity index (χ2n) is 1.70. The fourth-order valence-electron chi connectivity index (χ4n) is 0.599. The van der Waals surface area contributed by atoms with E-state index in [2.05, 4.69) is 0 Å². The molecule has 0 aliphatic heterocycles. The first-order valence-electron chi connectivity index (χ1n) is 5.59. The maximum absolute atomic E-state index is 8.39. The van der Waals surface area contributed by atoms with Crippen LogP contribution in [0.5, 0.6) is 0 Å². The van der Waals surface area contributed by atoms with Gasteiger partial charge in [0.05, 0.1) is 5.56 Å². The number of anilines is 1. The minimum absolute atomic E-state index is 0.539. The van der Waals surface area contributed by atoms with Crippen LogP contribution in [-0.4, -0.2) is 0 Å². The Hall–Kier alpha value is -1.49. The van der Waals surface area contributed by atoms with Gasteiger partial charge in [-0.25, -0.2) is 0 Å². The summed E-state index contributed by atoms with van der Waals surface area (Å²) < 4.78 is 0. The lowest BCUT2D eigenvalue weighted by molar-refractivity contribution is 1.48. The van der Waals surface area contributed by atoms with Gasteiger partial charge in [-0.15, -0.1) is 0 Å². The number of benzene rings is 1. The van der Waals surface area contributed by atoms with E-state index in [0.717, 1.165) is 0 Å². The fraction of sp³-hybridized carbons (Fsp3) is 0.462. The SMILES string of the molecule is CC.CC.CC.N#Cc1ccccc1N. The number of nitriles is 1. The average Bonchev–Trinajstić information content (AvgIpc) is 2.37. The Morgan fingerprint density at radius 2 is 1.33 bits per heavy atom. The van der Waals surface area contributed by atoms with Gasteiger partial charge >= 0.3 is 0 Å². The van der Waals surface area contributed by atoms with Gasteiger partial charge in [-0.1, -0.05) is 53.7 Å². The summed E-state index contributed by atoms with van der Waals surface area (Å²) in [5.74, 6) is 0. The summed E-state index contributed by atoms with van der Waals surface area (Å²) >= 11 is 0. The fourth-order valence-corrected chi connectivity index (χ4v) is 0.599. The molecule has 86 valence electrons. The lowest BCUT2D eigenvalue weighted by Gasteiger charge is -1.91. The van der Waals surface area contributed by atoms with Crippen LogP contribution < -0.4 is 5.73 Å². The molecule has 1 rings (SSSR count). The molecule has 0 aromatic heterocycles. The van der Waals surface area contributed by atoms with Crippen LogP contribution in [0.3, 0.4) is 0 Å². The first-order chi connectivity index (χ1) is 7.34. The largest absolute Gasteiger partial charge is 0.398 e. The van der Waals surface area contributed by atoms with Gasteiger partial charge in [0.1, 0.15) is 6.07 Å². The van der Waals surface area contributed by atoms with Crippen LogP contribution in [0.1, 0.15) is 47.1 Å². The molecule has 0 radical (unpaired) electrons. The Bertz CT molecular complexity index is 249. The molecule has 2 N–H and O–H groups in total. The van der Waals surface area contributed by atoms with Crippen molar-refractivity contribution in [2.45, 2.75) is 41.5 Å². The molecule has 0 heterocycles. The molecule has 0 bridgehead atoms. The van der Waals surface area contributed by atoms with E-state index in [4.69, 9.17) is 11.0 Å². The van der Waals surface area contributed by atoms with Crippen molar-refractivity contribution >= 4 is 5.69 Å². The normalized spacial score (nSPS) is 6.20. The molecule has 0 atom stereocenters. The van der Waals surface area contributed by atoms with Gasteiger partial charge in [-0.05, 0) is 12.1 Å². The molecule has 0 spiro atoms. The molecule has 0 amide bonds. The zero-order valence-electron chi connectivity index (χ0n) is 10.8. The van der Waals surface area contributed by atoms with Gasteiger partial charge in [-0.3, -0.25) is 0 Å². The Kier molecular flexibility index (Phi) is 23.4. The van der Waals surface area contributed by atoms with Crippen LogP contribution in [-0.2, 0) is 0 Å². The minimum atomic E-state index is 0.539. The highest BCUT2D eigenvalue weighted by Gasteiger charge is 1.90. The van der Waals surface area contributed by atoms with E-state index >= 15 is 0 Å². The third-order valence-electron chi connectivity index (χ3n) is 1.08. The Morgan fingerprint density at radius 3 is 1.60 bits per heavy atom. The van der Waals surface area contributed by atoms with Crippen molar-refractivity contribution in [2.75, 3.05) is 5.73 Å². The Labute approximate surface area is 94.7 Å². The molecule has 0 saturated heterocycles. The first-order valence-corrected chi connectivity index (χ1v) is 5.59. The zero-order chi connectivity index (χ0) is 12.7. The number of rotatable bonds is 0. The van der Waals surface area contributed by atoms with E-state index in [9.17, 15) is 0 Å². The second kappa shape index (κ2) is 18.3. The van der Waals surface area contributed by atoms with Crippen molar-refractivity contribution in [3.8, 4) is 6.07 Å². The highest BCUT2D eigenvalue weighted by Crippen LogP contribution is 2.06. The molecule has 1 aromatic carbocycles. The maximum Gasteiger partial charge on any atom is 0.101 e. The van der Waals surface area contributed by atoms with Gasteiger partial charge in [0.25, 0.3) is 0 Å². The smallest absolute Gasteiger partial charge is 0.101 e. The van der Waals surface area contributed by atoms with Crippen molar-refractivity contribution in [1.82, 2.24) is 0 Å². The summed E-state index contributed by atoms with van der Waals surface area (Å²) in [4.78, 5) is 0. The monoisotopic (exact) mass is 208 g/mol. The third kappa shape index (κ3) is 10.4. The summed E-state index contributed by atoms with van der Waals surface area (Å²) in [5.41, 5.74) is 6.49. The van der Waals surface area contributed by atoms with Crippen molar-refractivity contribution in [3.63, 3.8) is 0 Å². The molecular formula is C13H24N2. The Morgan fingerprint density at radius 1 is 0.933 bits per heavy atom. The van der Waals surface area contributed by atoms with Crippen LogP contribution >= 0.6 is 0 Å². The quantitative estimate of drug-likeness (QED) is 0.649. The number of nitrogens with two attached hydrogens (primary N) is 1. The van der Waals surface area contributed by atoms with Crippen LogP contribution in [0.25, 0.3) is 0 Å². The van der Waals surface area contributed by atoms with Crippen LogP contribution in [0.15, 0.2) is 24.3 Å². The van der Waals surface area contributed by atoms with E-state index in [0.29, 0.717) is 11.3 Å². The molecule has 2 nitrogen and oxygen atoms in total. The second-order valence-corrected chi connectivity index (χ2v) is 1.70. The van der Waals surface area contributed by atoms with Crippen molar-refractivity contribution in [2.24, 2.45) is 0 Å². The van der Waals surface area contributed by atoms with Gasteiger partial charge in [-0.2, -0.15) is 5.26 Å². The standard InChI is InChI=1S/C7H6N2.3C2H6/c8-5-6-3-1-2-4-7(6)9;3*1-2/h1-4H,9H2;3*1-2H3. The first kappa shape index (κ1) is 19.1. The minimum Gasteiger partial charge on any atom is -0.398 e. The maximum atomic E-state index is 8.39. The van der Waals surface area contributed by atoms with E-state index in [1.807, 2.05) is 47.6 Å². The molecule has 0 unspecified atom stereocenters. The van der Waals surface area contributed by atoms with E-state index < -0.39 is 0 Å². The molecule has 1 aromatic rings. The lowest BCUT2D eigenvalue weighted by atomic mass is 10.2. The molecule has 2 heteroatoms. The molecule has 0 aliphatic carbocycles. The molecular weight excluding hydrogens is 184 g/mol. The third-order valence-corrected chi connectivity index (χ3v) is 1.08. The van der Waals surface area contributed by atoms with E-state index in [1.165, 1.54) is 0 Å². The highest BCUT2D eigenvalue weighted by atomic mass is 14.6. The lowest BCUT2D eigenvalue weighted by Crippen LogP contribution is -1.87. The molecule has 0 saturated carbocycles. The van der Waals surface area contributed by atoms with Gasteiger partial charge in [0.15, 0.2) is 0 Å². The van der Waals surface area contributed by atoms with Crippen molar-refractivity contribution in [1.29, 1.82) is 5.26 Å². The molecule has 0 fully saturated rings. The van der Waals surface area contributed by atoms with Gasteiger partial charge < -0.3 is 5.73 Å². The predicted molar refractivity (Wildman–Crippen MR) is 69.6 cm³/mol. The zero-order valence-corrected chi connectivity index (χ0v) is 10.8. The average molecular weight is 208 g/mol. The summed E-state index contributed by atoms with van der Waals surface area (Å²) in [5, 5.41) is 8.39. The number of para-hydroxylation sites is 1. The summed E-state index contributed by atoms with van der Waals surface area (Å²) in [6.45, 7) is 12.0. The van der Waals surface area contributed by atoms with E-state index in [1.54, 1.807) is 24.3 Å². The van der Waals surface area contributed by atoms with Crippen LogP contribution in [0, 0.1) is 11.3 Å². The molecule has 15 heavy (non-hydrogen) atoms. The van der Waals surface area contributed by atoms with Crippen LogP contribution in [0.4, 0.5) is 5.69 Å². The van der Waals surface area contributed by atoms with Gasteiger partial charge in [0.2, 0.25) is 0 Å². The summed E-state index contributed by atoms with van der Waals surface area (Å²) in [6, 6.07) is 8.96.